The van der Waals surface area contributed by atoms with E-state index < -0.39 is 0 Å². The first-order valence-electron chi connectivity index (χ1n) is 20.3. The number of para-hydroxylation sites is 1. The van der Waals surface area contributed by atoms with Gasteiger partial charge >= 0.3 is 0 Å². The number of hydrogen-bond donors (Lipinski definition) is 0. The van der Waals surface area contributed by atoms with E-state index in [1.807, 2.05) is 36.8 Å². The van der Waals surface area contributed by atoms with E-state index in [4.69, 9.17) is 14.7 Å². The normalized spacial score (nSPS) is 22.7. The Morgan fingerprint density at radius 1 is 0.741 bits per heavy atom. The molecule has 4 saturated carbocycles. The Kier molecular flexibility index (Phi) is 8.24. The van der Waals surface area contributed by atoms with E-state index in [0.29, 0.717) is 23.3 Å². The van der Waals surface area contributed by atoms with Crippen LogP contribution in [0.15, 0.2) is 122 Å². The van der Waals surface area contributed by atoms with Gasteiger partial charge in [-0.1, -0.05) is 72.4 Å². The summed E-state index contributed by atoms with van der Waals surface area (Å²) in [6, 6.07) is 43.9. The monoisotopic (exact) mass is 936 g/mol. The summed E-state index contributed by atoms with van der Waals surface area (Å²) in [6.45, 7) is 6.26. The Hall–Kier alpha value is -5.65. The van der Waals surface area contributed by atoms with Gasteiger partial charge in [-0.3, -0.25) is 4.98 Å². The van der Waals surface area contributed by atoms with Crippen molar-refractivity contribution >= 4 is 33.2 Å². The van der Waals surface area contributed by atoms with Gasteiger partial charge in [-0.05, 0) is 121 Å². The van der Waals surface area contributed by atoms with E-state index in [0.717, 1.165) is 73.6 Å². The van der Waals surface area contributed by atoms with Gasteiger partial charge in [0.2, 0.25) is 0 Å². The fourth-order valence-corrected chi connectivity index (χ4v) is 11.6. The van der Waals surface area contributed by atoms with Crippen LogP contribution < -0.4 is 9.64 Å². The third-order valence-corrected chi connectivity index (χ3v) is 13.8. The number of fused-ring (bicyclic) bond motifs is 6. The maximum Gasteiger partial charge on any atom is 0.135 e. The fraction of sp³-hybridized carbons (Fsp3) is 0.240. The van der Waals surface area contributed by atoms with Gasteiger partial charge in [0.05, 0.1) is 0 Å². The molecule has 4 bridgehead atoms. The number of nitrogens with zero attached hydrogens (tertiary/aromatic N) is 6. The maximum absolute atomic E-state index is 6.63. The number of pyridine rings is 2. The van der Waals surface area contributed by atoms with Crippen molar-refractivity contribution in [1.82, 2.24) is 24.1 Å². The van der Waals surface area contributed by atoms with Crippen molar-refractivity contribution in [2.45, 2.75) is 51.4 Å². The molecule has 4 aliphatic carbocycles. The quantitative estimate of drug-likeness (QED) is 0.156. The molecule has 0 spiro atoms. The van der Waals surface area contributed by atoms with Gasteiger partial charge < -0.3 is 23.8 Å². The first-order chi connectivity index (χ1) is 28.0. The summed E-state index contributed by atoms with van der Waals surface area (Å²) < 4.78 is 11.0. The number of ether oxygens (including phenoxy) is 1. The second kappa shape index (κ2) is 13.5. The van der Waals surface area contributed by atoms with Crippen molar-refractivity contribution in [3.63, 3.8) is 0 Å². The summed E-state index contributed by atoms with van der Waals surface area (Å²) in [5.41, 5.74) is 9.91. The molecule has 5 heterocycles. The largest absolute Gasteiger partial charge is 0.509 e. The van der Waals surface area contributed by atoms with Gasteiger partial charge in [0.1, 0.15) is 5.82 Å². The van der Waals surface area contributed by atoms with Crippen LogP contribution in [-0.2, 0) is 26.5 Å². The van der Waals surface area contributed by atoms with Crippen molar-refractivity contribution in [3.05, 3.63) is 163 Å². The SMILES string of the molecule is Cc1nc2n(c1C)[CH-]N(c1[c-]c(Oc3[c-]c4c(cc3)c3cnccc3n4-c3cc(C4(c5ccccc5)C5CC6CC(C5)CC4C6)ccn3)ccc1)c1ccccc1-2.[Pt]. The Morgan fingerprint density at radius 2 is 1.52 bits per heavy atom. The Morgan fingerprint density at radius 3 is 2.34 bits per heavy atom. The van der Waals surface area contributed by atoms with Crippen molar-refractivity contribution < 1.29 is 25.8 Å². The summed E-state index contributed by atoms with van der Waals surface area (Å²) in [4.78, 5) is 16.7. The summed E-state index contributed by atoms with van der Waals surface area (Å²) in [5.74, 6) is 6.07. The average molecular weight is 937 g/mol. The van der Waals surface area contributed by atoms with Crippen LogP contribution in [0.5, 0.6) is 11.5 Å². The summed E-state index contributed by atoms with van der Waals surface area (Å²) in [7, 11) is 0. The van der Waals surface area contributed by atoms with E-state index in [1.54, 1.807) is 0 Å². The minimum Gasteiger partial charge on any atom is -0.509 e. The zero-order chi connectivity index (χ0) is 37.8. The first-order valence-corrected chi connectivity index (χ1v) is 20.3. The summed E-state index contributed by atoms with van der Waals surface area (Å²) in [5, 5.41) is 2.12. The minimum absolute atomic E-state index is 0. The topological polar surface area (TPSA) is 61.0 Å². The van der Waals surface area contributed by atoms with E-state index in [2.05, 4.69) is 137 Å². The molecule has 8 heteroatoms. The molecule has 5 aliphatic rings. The smallest absolute Gasteiger partial charge is 0.135 e. The molecule has 0 saturated heterocycles. The van der Waals surface area contributed by atoms with E-state index in [-0.39, 0.29) is 26.5 Å². The predicted molar refractivity (Wildman–Crippen MR) is 224 cm³/mol. The molecule has 0 unspecified atom stereocenters. The van der Waals surface area contributed by atoms with Gasteiger partial charge in [0, 0.05) is 73.6 Å². The Bertz CT molecular complexity index is 2850. The van der Waals surface area contributed by atoms with Crippen LogP contribution in [0.4, 0.5) is 11.4 Å². The van der Waals surface area contributed by atoms with Gasteiger partial charge in [-0.25, -0.2) is 4.98 Å². The van der Waals surface area contributed by atoms with Crippen LogP contribution >= 0.6 is 0 Å². The second-order valence-electron chi connectivity index (χ2n) is 16.7. The van der Waals surface area contributed by atoms with E-state index in [1.165, 1.54) is 43.2 Å². The molecule has 0 amide bonds. The van der Waals surface area contributed by atoms with Crippen molar-refractivity contribution in [3.8, 4) is 28.7 Å². The van der Waals surface area contributed by atoms with Crippen molar-refractivity contribution in [2.75, 3.05) is 4.90 Å². The van der Waals surface area contributed by atoms with Gasteiger partial charge in [-0.15, -0.1) is 35.7 Å². The van der Waals surface area contributed by atoms with Crippen molar-refractivity contribution in [1.29, 1.82) is 0 Å². The second-order valence-corrected chi connectivity index (χ2v) is 16.7. The molecule has 0 radical (unpaired) electrons. The summed E-state index contributed by atoms with van der Waals surface area (Å²) in [6.07, 6.45) is 12.6. The maximum atomic E-state index is 6.63. The van der Waals surface area contributed by atoms with E-state index in [9.17, 15) is 0 Å². The summed E-state index contributed by atoms with van der Waals surface area (Å²) >= 11 is 0. The fourth-order valence-electron chi connectivity index (χ4n) is 11.6. The third kappa shape index (κ3) is 5.21. The minimum atomic E-state index is -0.0191. The number of hydrogen-bond acceptors (Lipinski definition) is 5. The molecule has 58 heavy (non-hydrogen) atoms. The average Bonchev–Trinajstić information content (AvgIpc) is 3.73. The number of imidazole rings is 1. The van der Waals surface area contributed by atoms with Crippen LogP contribution in [0.3, 0.4) is 0 Å². The molecule has 4 aromatic carbocycles. The van der Waals surface area contributed by atoms with Crippen molar-refractivity contribution in [2.24, 2.45) is 23.7 Å². The van der Waals surface area contributed by atoms with Gasteiger partial charge in [-0.2, -0.15) is 12.1 Å². The Balaban J connectivity index is 0.00000385. The molecule has 7 nitrogen and oxygen atoms in total. The van der Waals surface area contributed by atoms with Gasteiger partial charge in [0.25, 0.3) is 0 Å². The molecule has 13 rings (SSSR count). The Labute approximate surface area is 353 Å². The number of benzene rings is 4. The number of rotatable bonds is 6. The zero-order valence-corrected chi connectivity index (χ0v) is 34.6. The van der Waals surface area contributed by atoms with Gasteiger partial charge in [0.15, 0.2) is 0 Å². The van der Waals surface area contributed by atoms with Crippen LogP contribution in [0, 0.1) is 56.3 Å². The number of anilines is 2. The molecule has 1 aliphatic heterocycles. The number of aryl methyl sites for hydroxylation is 1. The molecule has 290 valence electrons. The van der Waals surface area contributed by atoms with Crippen LogP contribution in [0.2, 0.25) is 0 Å². The molecule has 8 aromatic rings. The molecular weight excluding hydrogens is 896 g/mol. The van der Waals surface area contributed by atoms with Crippen LogP contribution in [0.25, 0.3) is 39.0 Å². The van der Waals surface area contributed by atoms with Crippen LogP contribution in [-0.4, -0.2) is 24.1 Å². The first kappa shape index (κ1) is 35.5. The predicted octanol–water partition coefficient (Wildman–Crippen LogP) is 11.3. The standard InChI is InChI=1S/C50H41N6O.Pt/c1-31-32(2)54-30-55(45-14-7-6-13-43(45)49(54)53-31)39-11-8-12-40(27-39)57-41-15-16-42-44-29-51-19-18-46(44)56(47(42)28-41)48-26-36(17-20-52-48)50(35-9-4-3-5-10-35)37-22-33-21-34(24-37)25-38(50)23-33;/h3-20,26,29-30,33-34,37-38H,21-25H2,1-2H3;/q-3;. The van der Waals surface area contributed by atoms with E-state index >= 15 is 0 Å². The zero-order valence-electron chi connectivity index (χ0n) is 32.4. The molecule has 0 atom stereocenters. The molecule has 4 aromatic heterocycles. The van der Waals surface area contributed by atoms with Crippen LogP contribution in [0.1, 0.15) is 54.6 Å². The number of aromatic nitrogens is 5. The molecule has 4 fully saturated rings. The third-order valence-electron chi connectivity index (χ3n) is 13.8. The molecule has 0 N–H and O–H groups in total. The molecular formula is C50H41N6OPt-3.